The van der Waals surface area contributed by atoms with Gasteiger partial charge in [0.1, 0.15) is 0 Å². The van der Waals surface area contributed by atoms with Gasteiger partial charge in [0, 0.05) is 42.9 Å². The minimum absolute atomic E-state index is 0.0548. The number of carboxylic acids is 1. The third-order valence-electron chi connectivity index (χ3n) is 3.69. The zero-order chi connectivity index (χ0) is 17.2. The summed E-state index contributed by atoms with van der Waals surface area (Å²) >= 11 is 1.93. The minimum Gasteiger partial charge on any atom is -0.481 e. The molecule has 1 saturated heterocycles. The summed E-state index contributed by atoms with van der Waals surface area (Å²) in [5.74, 6) is 0.0624. The average molecular weight is 352 g/mol. The molecule has 7 heteroatoms. The van der Waals surface area contributed by atoms with Gasteiger partial charge >= 0.3 is 12.0 Å². The van der Waals surface area contributed by atoms with E-state index < -0.39 is 5.97 Å². The molecule has 3 N–H and O–H groups in total. The molecule has 0 unspecified atom stereocenters. The van der Waals surface area contributed by atoms with Crippen molar-refractivity contribution in [3.63, 3.8) is 0 Å². The third-order valence-corrected chi connectivity index (χ3v) is 5.13. The zero-order valence-corrected chi connectivity index (χ0v) is 14.4. The van der Waals surface area contributed by atoms with Crippen molar-refractivity contribution in [2.45, 2.75) is 36.7 Å². The molecule has 1 aromatic carbocycles. The van der Waals surface area contributed by atoms with E-state index in [0.717, 1.165) is 37.5 Å². The number of amides is 2. The molecule has 0 bridgehead atoms. The molecule has 2 rings (SSSR count). The molecule has 0 atom stereocenters. The molecule has 0 spiro atoms. The highest BCUT2D eigenvalue weighted by Gasteiger charge is 2.14. The van der Waals surface area contributed by atoms with E-state index in [1.807, 2.05) is 30.0 Å². The van der Waals surface area contributed by atoms with Gasteiger partial charge in [-0.2, -0.15) is 11.8 Å². The average Bonchev–Trinajstić information content (AvgIpc) is 2.58. The first-order valence-electron chi connectivity index (χ1n) is 8.18. The predicted octanol–water partition coefficient (Wildman–Crippen LogP) is 3.09. The van der Waals surface area contributed by atoms with E-state index >= 15 is 0 Å². The number of hydrogen-bond acceptors (Lipinski definition) is 4. The van der Waals surface area contributed by atoms with Crippen molar-refractivity contribution in [1.29, 1.82) is 0 Å². The van der Waals surface area contributed by atoms with Crippen LogP contribution in [-0.2, 0) is 15.3 Å². The van der Waals surface area contributed by atoms with E-state index in [0.29, 0.717) is 18.2 Å². The number of benzene rings is 1. The third kappa shape index (κ3) is 7.23. The second kappa shape index (κ2) is 10.2. The van der Waals surface area contributed by atoms with Crippen molar-refractivity contribution >= 4 is 29.4 Å². The summed E-state index contributed by atoms with van der Waals surface area (Å²) in [6.07, 6.45) is 2.67. The first-order chi connectivity index (χ1) is 11.6. The number of urea groups is 1. The number of nitrogens with one attached hydrogen (secondary N) is 2. The monoisotopic (exact) mass is 352 g/mol. The maximum absolute atomic E-state index is 11.8. The molecular formula is C17H24N2O4S. The summed E-state index contributed by atoms with van der Waals surface area (Å²) in [6.45, 7) is 2.04. The molecule has 6 nitrogen and oxygen atoms in total. The fourth-order valence-corrected chi connectivity index (χ4v) is 3.55. The van der Waals surface area contributed by atoms with Crippen molar-refractivity contribution in [2.75, 3.05) is 25.1 Å². The number of aliphatic carboxylic acids is 1. The second-order valence-corrected chi connectivity index (χ2v) is 6.99. The Balaban J connectivity index is 1.72. The Hall–Kier alpha value is -1.73. The molecular weight excluding hydrogens is 328 g/mol. The van der Waals surface area contributed by atoms with Gasteiger partial charge in [0.25, 0.3) is 0 Å². The number of hydrogen-bond donors (Lipinski definition) is 3. The van der Waals surface area contributed by atoms with Crippen molar-refractivity contribution in [3.05, 3.63) is 29.8 Å². The number of ether oxygens (including phenoxy) is 1. The van der Waals surface area contributed by atoms with Gasteiger partial charge in [0.05, 0.1) is 0 Å². The van der Waals surface area contributed by atoms with Crippen molar-refractivity contribution in [3.8, 4) is 0 Å². The standard InChI is InChI=1S/C17H24N2O4S/c20-16(21)5-2-8-18-17(22)19-14-4-1-3-13(11-14)12-24-15-6-9-23-10-7-15/h1,3-4,11,15H,2,5-10,12H2,(H,20,21)(H2,18,19,22). The highest BCUT2D eigenvalue weighted by atomic mass is 32.2. The van der Waals surface area contributed by atoms with Crippen LogP contribution in [0.2, 0.25) is 0 Å². The van der Waals surface area contributed by atoms with Crippen LogP contribution in [0.5, 0.6) is 0 Å². The molecule has 1 fully saturated rings. The summed E-state index contributed by atoms with van der Waals surface area (Å²) in [5.41, 5.74) is 1.92. The molecule has 0 aliphatic carbocycles. The quantitative estimate of drug-likeness (QED) is 0.626. The molecule has 1 heterocycles. The topological polar surface area (TPSA) is 87.7 Å². The van der Waals surface area contributed by atoms with Gasteiger partial charge in [-0.15, -0.1) is 0 Å². The smallest absolute Gasteiger partial charge is 0.319 e. The first kappa shape index (κ1) is 18.6. The lowest BCUT2D eigenvalue weighted by atomic mass is 10.2. The summed E-state index contributed by atoms with van der Waals surface area (Å²) in [4.78, 5) is 22.2. The molecule has 1 aliphatic heterocycles. The van der Waals surface area contributed by atoms with Crippen molar-refractivity contribution in [1.82, 2.24) is 5.32 Å². The van der Waals surface area contributed by atoms with Gasteiger partial charge in [-0.25, -0.2) is 4.79 Å². The summed E-state index contributed by atoms with van der Waals surface area (Å²) in [7, 11) is 0. The van der Waals surface area contributed by atoms with E-state index in [1.165, 1.54) is 5.56 Å². The Labute approximate surface area is 146 Å². The molecule has 132 valence electrons. The van der Waals surface area contributed by atoms with Gasteiger partial charge in [-0.3, -0.25) is 4.79 Å². The van der Waals surface area contributed by atoms with Crippen LogP contribution < -0.4 is 10.6 Å². The van der Waals surface area contributed by atoms with Gasteiger partial charge < -0.3 is 20.5 Å². The molecule has 1 aromatic rings. The van der Waals surface area contributed by atoms with Gasteiger partial charge in [-0.05, 0) is 37.0 Å². The molecule has 0 radical (unpaired) electrons. The van der Waals surface area contributed by atoms with Gasteiger partial charge in [-0.1, -0.05) is 12.1 Å². The van der Waals surface area contributed by atoms with Crippen LogP contribution in [0.25, 0.3) is 0 Å². The lowest BCUT2D eigenvalue weighted by Gasteiger charge is -2.21. The molecule has 0 aromatic heterocycles. The summed E-state index contributed by atoms with van der Waals surface area (Å²) in [6, 6.07) is 7.50. The Bertz CT molecular complexity index is 547. The Morgan fingerprint density at radius 1 is 1.29 bits per heavy atom. The lowest BCUT2D eigenvalue weighted by molar-refractivity contribution is -0.137. The fourth-order valence-electron chi connectivity index (χ4n) is 2.41. The number of carbonyl (C=O) groups is 2. The summed E-state index contributed by atoms with van der Waals surface area (Å²) in [5, 5.41) is 14.6. The van der Waals surface area contributed by atoms with Crippen LogP contribution in [0.1, 0.15) is 31.2 Å². The van der Waals surface area contributed by atoms with Crippen LogP contribution in [0, 0.1) is 0 Å². The van der Waals surface area contributed by atoms with Crippen LogP contribution in [-0.4, -0.2) is 42.1 Å². The number of carbonyl (C=O) groups excluding carboxylic acids is 1. The summed E-state index contributed by atoms with van der Waals surface area (Å²) < 4.78 is 5.37. The Kier molecular flexibility index (Phi) is 7.91. The first-order valence-corrected chi connectivity index (χ1v) is 9.23. The van der Waals surface area contributed by atoms with E-state index in [-0.39, 0.29) is 12.5 Å². The van der Waals surface area contributed by atoms with E-state index in [2.05, 4.69) is 16.7 Å². The van der Waals surface area contributed by atoms with Crippen molar-refractivity contribution < 1.29 is 19.4 Å². The number of rotatable bonds is 8. The van der Waals surface area contributed by atoms with Gasteiger partial charge in [0.2, 0.25) is 0 Å². The SMILES string of the molecule is O=C(O)CCCNC(=O)Nc1cccc(CSC2CCOCC2)c1. The number of anilines is 1. The molecule has 2 amide bonds. The van der Waals surface area contributed by atoms with Crippen LogP contribution in [0.15, 0.2) is 24.3 Å². The normalized spacial score (nSPS) is 15.0. The number of carboxylic acid groups (broad SMARTS) is 1. The van der Waals surface area contributed by atoms with Crippen molar-refractivity contribution in [2.24, 2.45) is 0 Å². The van der Waals surface area contributed by atoms with E-state index in [4.69, 9.17) is 9.84 Å². The molecule has 1 aliphatic rings. The largest absolute Gasteiger partial charge is 0.481 e. The maximum atomic E-state index is 11.8. The van der Waals surface area contributed by atoms with Crippen LogP contribution in [0.4, 0.5) is 10.5 Å². The number of thioether (sulfide) groups is 1. The lowest BCUT2D eigenvalue weighted by Crippen LogP contribution is -2.29. The predicted molar refractivity (Wildman–Crippen MR) is 95.5 cm³/mol. The molecule has 0 saturated carbocycles. The van der Waals surface area contributed by atoms with Crippen LogP contribution >= 0.6 is 11.8 Å². The maximum Gasteiger partial charge on any atom is 0.319 e. The Morgan fingerprint density at radius 2 is 2.08 bits per heavy atom. The Morgan fingerprint density at radius 3 is 2.83 bits per heavy atom. The minimum atomic E-state index is -0.855. The van der Waals surface area contributed by atoms with Gasteiger partial charge in [0.15, 0.2) is 0 Å². The zero-order valence-electron chi connectivity index (χ0n) is 13.6. The van der Waals surface area contributed by atoms with E-state index in [1.54, 1.807) is 0 Å². The highest BCUT2D eigenvalue weighted by Crippen LogP contribution is 2.26. The highest BCUT2D eigenvalue weighted by molar-refractivity contribution is 7.99. The fraction of sp³-hybridized carbons (Fsp3) is 0.529. The molecule has 24 heavy (non-hydrogen) atoms. The van der Waals surface area contributed by atoms with Crippen LogP contribution in [0.3, 0.4) is 0 Å². The second-order valence-electron chi connectivity index (χ2n) is 5.70. The van der Waals surface area contributed by atoms with E-state index in [9.17, 15) is 9.59 Å².